The lowest BCUT2D eigenvalue weighted by atomic mass is 10.1. The lowest BCUT2D eigenvalue weighted by Crippen LogP contribution is -1.91. The van der Waals surface area contributed by atoms with Crippen LogP contribution < -0.4 is 0 Å². The molecule has 2 rings (SSSR count). The molecule has 2 aromatic rings. The number of rotatable bonds is 8. The zero-order chi connectivity index (χ0) is 16.3. The van der Waals surface area contributed by atoms with E-state index in [0.717, 1.165) is 11.1 Å². The molecular weight excluding hydrogens is 288 g/mol. The summed E-state index contributed by atoms with van der Waals surface area (Å²) < 4.78 is 5.47. The van der Waals surface area contributed by atoms with E-state index < -0.39 is 0 Å². The van der Waals surface area contributed by atoms with Crippen molar-refractivity contribution in [2.24, 2.45) is 0 Å². The van der Waals surface area contributed by atoms with Gasteiger partial charge in [-0.2, -0.15) is 0 Å². The van der Waals surface area contributed by atoms with Crippen molar-refractivity contribution in [2.45, 2.75) is 12.8 Å². The van der Waals surface area contributed by atoms with Crippen LogP contribution >= 0.6 is 0 Å². The molecule has 0 aromatic heterocycles. The molecule has 0 unspecified atom stereocenters. The fourth-order valence-corrected chi connectivity index (χ4v) is 2.13. The number of benzene rings is 2. The molecule has 0 radical (unpaired) electrons. The minimum absolute atomic E-state index is 0.324. The summed E-state index contributed by atoms with van der Waals surface area (Å²) in [5, 5.41) is 19.3. The van der Waals surface area contributed by atoms with Crippen LogP contribution in [0.3, 0.4) is 0 Å². The highest BCUT2D eigenvalue weighted by Crippen LogP contribution is 2.16. The van der Waals surface area contributed by atoms with Gasteiger partial charge in [0.05, 0.1) is 13.2 Å². The topological polar surface area (TPSA) is 49.7 Å². The second-order valence-corrected chi connectivity index (χ2v) is 5.15. The van der Waals surface area contributed by atoms with E-state index in [9.17, 15) is 10.2 Å². The zero-order valence-electron chi connectivity index (χ0n) is 13.1. The van der Waals surface area contributed by atoms with E-state index in [0.29, 0.717) is 37.6 Å². The maximum atomic E-state index is 9.63. The molecule has 120 valence electrons. The van der Waals surface area contributed by atoms with E-state index in [1.54, 1.807) is 12.1 Å². The molecule has 0 heterocycles. The van der Waals surface area contributed by atoms with Crippen molar-refractivity contribution in [1.82, 2.24) is 0 Å². The Morgan fingerprint density at radius 3 is 1.52 bits per heavy atom. The molecule has 0 amide bonds. The van der Waals surface area contributed by atoms with Gasteiger partial charge in [0, 0.05) is 0 Å². The van der Waals surface area contributed by atoms with Crippen molar-refractivity contribution in [3.63, 3.8) is 0 Å². The Kier molecular flexibility index (Phi) is 6.95. The summed E-state index contributed by atoms with van der Waals surface area (Å²) in [5.41, 5.74) is 1.82. The molecular formula is C20H22O3. The van der Waals surface area contributed by atoms with Gasteiger partial charge in [-0.1, -0.05) is 60.7 Å². The van der Waals surface area contributed by atoms with Gasteiger partial charge in [0.1, 0.15) is 11.5 Å². The molecule has 0 aliphatic rings. The van der Waals surface area contributed by atoms with Crippen LogP contribution in [0.15, 0.2) is 72.8 Å². The summed E-state index contributed by atoms with van der Waals surface area (Å²) in [5.74, 6) is 0.648. The zero-order valence-corrected chi connectivity index (χ0v) is 13.1. The van der Waals surface area contributed by atoms with Crippen LogP contribution in [0, 0.1) is 0 Å². The molecule has 0 saturated heterocycles. The minimum atomic E-state index is 0.324. The van der Waals surface area contributed by atoms with Crippen LogP contribution in [0.25, 0.3) is 0 Å². The predicted molar refractivity (Wildman–Crippen MR) is 92.7 cm³/mol. The van der Waals surface area contributed by atoms with Gasteiger partial charge in [0.15, 0.2) is 0 Å². The molecule has 0 aliphatic carbocycles. The van der Waals surface area contributed by atoms with Crippen molar-refractivity contribution in [2.75, 3.05) is 13.2 Å². The van der Waals surface area contributed by atoms with Crippen molar-refractivity contribution in [3.8, 4) is 11.5 Å². The van der Waals surface area contributed by atoms with Crippen LogP contribution in [0.2, 0.25) is 0 Å². The molecule has 3 heteroatoms. The molecule has 23 heavy (non-hydrogen) atoms. The summed E-state index contributed by atoms with van der Waals surface area (Å²) in [4.78, 5) is 0. The normalized spacial score (nSPS) is 11.5. The third-order valence-corrected chi connectivity index (χ3v) is 3.42. The summed E-state index contributed by atoms with van der Waals surface area (Å²) in [7, 11) is 0. The van der Waals surface area contributed by atoms with E-state index in [1.165, 1.54) is 0 Å². The highest BCUT2D eigenvalue weighted by atomic mass is 16.5. The number of allylic oxidation sites excluding steroid dienone is 2. The van der Waals surface area contributed by atoms with Crippen LogP contribution in [-0.4, -0.2) is 23.4 Å². The Bertz CT molecular complexity index is 602. The van der Waals surface area contributed by atoms with E-state index in [2.05, 4.69) is 0 Å². The van der Waals surface area contributed by atoms with Crippen molar-refractivity contribution >= 4 is 0 Å². The average molecular weight is 310 g/mol. The van der Waals surface area contributed by atoms with E-state index in [-0.39, 0.29) is 0 Å². The molecule has 3 nitrogen and oxygen atoms in total. The first-order valence-corrected chi connectivity index (χ1v) is 7.69. The molecule has 0 saturated carbocycles. The fraction of sp³-hybridized carbons (Fsp3) is 0.200. The standard InChI is InChI=1S/C20H22O3/c21-19-13-3-1-9-17(19)11-5-7-15-23-16-8-6-12-18-10-2-4-14-20(18)22/h1-10,13-14,21-22H,11-12,15-16H2. The van der Waals surface area contributed by atoms with Gasteiger partial charge in [-0.25, -0.2) is 0 Å². The van der Waals surface area contributed by atoms with E-state index >= 15 is 0 Å². The largest absolute Gasteiger partial charge is 0.508 e. The van der Waals surface area contributed by atoms with Crippen LogP contribution in [0.5, 0.6) is 11.5 Å². The first kappa shape index (κ1) is 16.8. The highest BCUT2D eigenvalue weighted by molar-refractivity contribution is 5.34. The third kappa shape index (κ3) is 6.01. The van der Waals surface area contributed by atoms with Crippen LogP contribution in [-0.2, 0) is 17.6 Å². The second kappa shape index (κ2) is 9.49. The quantitative estimate of drug-likeness (QED) is 0.572. The number of aromatic hydroxyl groups is 2. The van der Waals surface area contributed by atoms with Gasteiger partial charge in [0.25, 0.3) is 0 Å². The number of hydrogen-bond acceptors (Lipinski definition) is 3. The van der Waals surface area contributed by atoms with Gasteiger partial charge in [-0.05, 0) is 36.1 Å². The lowest BCUT2D eigenvalue weighted by molar-refractivity contribution is 0.193. The SMILES string of the molecule is Oc1ccccc1CC=CCOCC=CCc1ccccc1O. The van der Waals surface area contributed by atoms with Gasteiger partial charge in [0.2, 0.25) is 0 Å². The van der Waals surface area contributed by atoms with Crippen molar-refractivity contribution in [1.29, 1.82) is 0 Å². The van der Waals surface area contributed by atoms with Gasteiger partial charge in [-0.3, -0.25) is 0 Å². The number of phenolic OH excluding ortho intramolecular Hbond substituents is 2. The van der Waals surface area contributed by atoms with Gasteiger partial charge >= 0.3 is 0 Å². The summed E-state index contributed by atoms with van der Waals surface area (Å²) in [6.45, 7) is 1.07. The number of para-hydroxylation sites is 2. The Balaban J connectivity index is 1.60. The monoisotopic (exact) mass is 310 g/mol. The lowest BCUT2D eigenvalue weighted by Gasteiger charge is -2.00. The Morgan fingerprint density at radius 2 is 1.09 bits per heavy atom. The average Bonchev–Trinajstić information content (AvgIpc) is 2.56. The first-order valence-electron chi connectivity index (χ1n) is 7.69. The maximum absolute atomic E-state index is 9.63. The second-order valence-electron chi connectivity index (χ2n) is 5.15. The van der Waals surface area contributed by atoms with E-state index in [1.807, 2.05) is 60.7 Å². The number of ether oxygens (including phenoxy) is 1. The van der Waals surface area contributed by atoms with Crippen molar-refractivity contribution < 1.29 is 14.9 Å². The molecule has 0 fully saturated rings. The maximum Gasteiger partial charge on any atom is 0.119 e. The molecule has 0 atom stereocenters. The van der Waals surface area contributed by atoms with Crippen molar-refractivity contribution in [3.05, 3.63) is 84.0 Å². The third-order valence-electron chi connectivity index (χ3n) is 3.42. The number of phenols is 2. The van der Waals surface area contributed by atoms with Crippen LogP contribution in [0.4, 0.5) is 0 Å². The highest BCUT2D eigenvalue weighted by Gasteiger charge is 1.96. The molecule has 0 spiro atoms. The molecule has 0 aliphatic heterocycles. The summed E-state index contributed by atoms with van der Waals surface area (Å²) >= 11 is 0. The molecule has 2 aromatic carbocycles. The Hall–Kier alpha value is -2.52. The van der Waals surface area contributed by atoms with E-state index in [4.69, 9.17) is 4.74 Å². The molecule has 0 bridgehead atoms. The Labute approximate surface area is 137 Å². The van der Waals surface area contributed by atoms with Crippen LogP contribution in [0.1, 0.15) is 11.1 Å². The van der Waals surface area contributed by atoms with Gasteiger partial charge in [-0.15, -0.1) is 0 Å². The summed E-state index contributed by atoms with van der Waals surface area (Å²) in [6, 6.07) is 14.6. The Morgan fingerprint density at radius 1 is 0.652 bits per heavy atom. The number of hydrogen-bond donors (Lipinski definition) is 2. The summed E-state index contributed by atoms with van der Waals surface area (Å²) in [6.07, 6.45) is 9.26. The van der Waals surface area contributed by atoms with Gasteiger partial charge < -0.3 is 14.9 Å². The predicted octanol–water partition coefficient (Wildman–Crippen LogP) is 4.01. The fourth-order valence-electron chi connectivity index (χ4n) is 2.13. The smallest absolute Gasteiger partial charge is 0.119 e. The first-order chi connectivity index (χ1) is 11.3. The molecule has 2 N–H and O–H groups in total. The minimum Gasteiger partial charge on any atom is -0.508 e.